The van der Waals surface area contributed by atoms with Gasteiger partial charge in [0.2, 0.25) is 0 Å². The topological polar surface area (TPSA) is 34.4 Å². The molecule has 1 aliphatic heterocycles. The summed E-state index contributed by atoms with van der Waals surface area (Å²) in [6.07, 6.45) is 2.55. The highest BCUT2D eigenvalue weighted by molar-refractivity contribution is 5.81. The Kier molecular flexibility index (Phi) is 3.11. The third-order valence-electron chi connectivity index (χ3n) is 3.03. The molecule has 2 rings (SSSR count). The van der Waals surface area contributed by atoms with Crippen LogP contribution in [0.5, 0.6) is 0 Å². The summed E-state index contributed by atoms with van der Waals surface area (Å²) in [6.45, 7) is 4.88. The van der Waals surface area contributed by atoms with E-state index in [0.717, 1.165) is 31.7 Å². The van der Waals surface area contributed by atoms with Crippen LogP contribution in [-0.2, 0) is 11.3 Å². The molecular weight excluding hydrogens is 188 g/mol. The molecule has 1 aromatic rings. The van der Waals surface area contributed by atoms with Gasteiger partial charge in [0.05, 0.1) is 31.1 Å². The lowest BCUT2D eigenvalue weighted by molar-refractivity contribution is -0.918. The smallest absolute Gasteiger partial charge is 0.146 e. The summed E-state index contributed by atoms with van der Waals surface area (Å²) >= 11 is 0. The molecule has 1 saturated heterocycles. The van der Waals surface area contributed by atoms with Gasteiger partial charge in [-0.15, -0.1) is 0 Å². The van der Waals surface area contributed by atoms with E-state index in [1.54, 1.807) is 0 Å². The van der Waals surface area contributed by atoms with Crippen LogP contribution >= 0.6 is 0 Å². The van der Waals surface area contributed by atoms with E-state index >= 15 is 0 Å². The van der Waals surface area contributed by atoms with Crippen LogP contribution < -0.4 is 4.90 Å². The molecule has 15 heavy (non-hydrogen) atoms. The number of carbonyl (C=O) groups is 1. The zero-order valence-electron chi connectivity index (χ0n) is 9.07. The van der Waals surface area contributed by atoms with Crippen molar-refractivity contribution in [3.8, 4) is 0 Å². The Morgan fingerprint density at radius 2 is 2.40 bits per heavy atom. The van der Waals surface area contributed by atoms with Crippen molar-refractivity contribution in [1.29, 1.82) is 0 Å². The zero-order valence-corrected chi connectivity index (χ0v) is 9.07. The third-order valence-corrected chi connectivity index (χ3v) is 3.03. The minimum absolute atomic E-state index is 0.220. The number of piperidine rings is 1. The number of carbonyl (C=O) groups excluding carboxylic acids is 1. The number of rotatable bonds is 2. The fourth-order valence-electron chi connectivity index (χ4n) is 2.11. The van der Waals surface area contributed by atoms with E-state index in [1.807, 2.05) is 31.3 Å². The van der Waals surface area contributed by atoms with Gasteiger partial charge in [0.25, 0.3) is 0 Å². The zero-order chi connectivity index (χ0) is 10.7. The lowest BCUT2D eigenvalue weighted by Crippen LogP contribution is -3.12. The SMILES string of the molecule is C[C@H]1C[NH+](Cc2ccccn2)CCC1=O. The lowest BCUT2D eigenvalue weighted by atomic mass is 9.98. The Morgan fingerprint density at radius 1 is 1.53 bits per heavy atom. The predicted octanol–water partition coefficient (Wildman–Crippen LogP) is 0.0754. The normalized spacial score (nSPS) is 26.6. The van der Waals surface area contributed by atoms with Crippen molar-refractivity contribution in [3.63, 3.8) is 0 Å². The molecule has 1 N–H and O–H groups in total. The number of hydrogen-bond donors (Lipinski definition) is 1. The van der Waals surface area contributed by atoms with Crippen LogP contribution in [0.1, 0.15) is 19.0 Å². The Bertz CT molecular complexity index is 337. The molecule has 1 unspecified atom stereocenters. The van der Waals surface area contributed by atoms with Gasteiger partial charge in [0, 0.05) is 6.20 Å². The predicted molar refractivity (Wildman–Crippen MR) is 57.4 cm³/mol. The van der Waals surface area contributed by atoms with Crippen LogP contribution in [0.2, 0.25) is 0 Å². The van der Waals surface area contributed by atoms with E-state index in [1.165, 1.54) is 4.90 Å². The summed E-state index contributed by atoms with van der Waals surface area (Å²) in [5.41, 5.74) is 1.12. The van der Waals surface area contributed by atoms with Gasteiger partial charge in [-0.05, 0) is 12.1 Å². The number of likely N-dealkylation sites (tertiary alicyclic amines) is 1. The number of nitrogens with zero attached hydrogens (tertiary/aromatic N) is 1. The molecule has 0 radical (unpaired) electrons. The van der Waals surface area contributed by atoms with Crippen molar-refractivity contribution < 1.29 is 9.69 Å². The van der Waals surface area contributed by atoms with Crippen LogP contribution in [-0.4, -0.2) is 23.9 Å². The number of hydrogen-bond acceptors (Lipinski definition) is 2. The number of nitrogens with one attached hydrogen (secondary N) is 1. The summed E-state index contributed by atoms with van der Waals surface area (Å²) < 4.78 is 0. The van der Waals surface area contributed by atoms with Crippen LogP contribution in [0.3, 0.4) is 0 Å². The Morgan fingerprint density at radius 3 is 3.07 bits per heavy atom. The molecule has 0 spiro atoms. The van der Waals surface area contributed by atoms with E-state index in [2.05, 4.69) is 4.98 Å². The molecule has 0 aliphatic carbocycles. The summed E-state index contributed by atoms with van der Waals surface area (Å²) in [6, 6.07) is 6.00. The fraction of sp³-hybridized carbons (Fsp3) is 0.500. The standard InChI is InChI=1S/C12H16N2O/c1-10-8-14(7-5-12(10)15)9-11-4-2-3-6-13-11/h2-4,6,10H,5,7-9H2,1H3/p+1/t10-/m0/s1. The highest BCUT2D eigenvalue weighted by Gasteiger charge is 2.26. The average Bonchev–Trinajstić information content (AvgIpc) is 2.25. The largest absolute Gasteiger partial charge is 0.329 e. The van der Waals surface area contributed by atoms with Gasteiger partial charge in [-0.25, -0.2) is 0 Å². The first-order valence-electron chi connectivity index (χ1n) is 5.52. The van der Waals surface area contributed by atoms with E-state index in [9.17, 15) is 4.79 Å². The van der Waals surface area contributed by atoms with Gasteiger partial charge >= 0.3 is 0 Å². The Balaban J connectivity index is 1.94. The van der Waals surface area contributed by atoms with Gasteiger partial charge < -0.3 is 4.90 Å². The van der Waals surface area contributed by atoms with Crippen molar-refractivity contribution in [1.82, 2.24) is 4.98 Å². The molecule has 0 aromatic carbocycles. The first-order chi connectivity index (χ1) is 7.25. The van der Waals surface area contributed by atoms with Crippen LogP contribution in [0.15, 0.2) is 24.4 Å². The quantitative estimate of drug-likeness (QED) is 0.741. The minimum Gasteiger partial charge on any atom is -0.329 e. The number of ketones is 1. The van der Waals surface area contributed by atoms with Gasteiger partial charge in [-0.3, -0.25) is 9.78 Å². The summed E-state index contributed by atoms with van der Waals surface area (Å²) in [5.74, 6) is 0.636. The van der Waals surface area contributed by atoms with Crippen LogP contribution in [0.25, 0.3) is 0 Å². The highest BCUT2D eigenvalue weighted by Crippen LogP contribution is 2.01. The van der Waals surface area contributed by atoms with Crippen molar-refractivity contribution in [3.05, 3.63) is 30.1 Å². The molecular formula is C12H17N2O+. The van der Waals surface area contributed by atoms with E-state index in [4.69, 9.17) is 0 Å². The maximum absolute atomic E-state index is 11.4. The maximum atomic E-state index is 11.4. The second-order valence-electron chi connectivity index (χ2n) is 4.32. The van der Waals surface area contributed by atoms with Gasteiger partial charge in [-0.2, -0.15) is 0 Å². The van der Waals surface area contributed by atoms with Gasteiger partial charge in [-0.1, -0.05) is 13.0 Å². The number of pyridine rings is 1. The second kappa shape index (κ2) is 4.53. The molecule has 0 bridgehead atoms. The molecule has 2 atom stereocenters. The Hall–Kier alpha value is -1.22. The monoisotopic (exact) mass is 205 g/mol. The highest BCUT2D eigenvalue weighted by atomic mass is 16.1. The van der Waals surface area contributed by atoms with E-state index in [0.29, 0.717) is 5.78 Å². The van der Waals surface area contributed by atoms with Crippen molar-refractivity contribution >= 4 is 5.78 Å². The fourth-order valence-corrected chi connectivity index (χ4v) is 2.11. The van der Waals surface area contributed by atoms with Crippen LogP contribution in [0, 0.1) is 5.92 Å². The molecule has 3 heteroatoms. The molecule has 1 aromatic heterocycles. The Labute approximate surface area is 90.1 Å². The van der Waals surface area contributed by atoms with Crippen molar-refractivity contribution in [2.24, 2.45) is 5.92 Å². The molecule has 80 valence electrons. The van der Waals surface area contributed by atoms with Crippen molar-refractivity contribution in [2.75, 3.05) is 13.1 Å². The molecule has 0 saturated carbocycles. The number of aromatic nitrogens is 1. The molecule has 3 nitrogen and oxygen atoms in total. The average molecular weight is 205 g/mol. The summed E-state index contributed by atoms with van der Waals surface area (Å²) in [5, 5.41) is 0. The summed E-state index contributed by atoms with van der Waals surface area (Å²) in [4.78, 5) is 17.1. The van der Waals surface area contributed by atoms with Crippen LogP contribution in [0.4, 0.5) is 0 Å². The molecule has 0 amide bonds. The number of Topliss-reactive ketones (excluding diaryl/α,β-unsaturated/α-hetero) is 1. The summed E-state index contributed by atoms with van der Waals surface area (Å²) in [7, 11) is 0. The van der Waals surface area contributed by atoms with Gasteiger partial charge in [0.15, 0.2) is 0 Å². The molecule has 1 fully saturated rings. The minimum atomic E-state index is 0.220. The first-order valence-corrected chi connectivity index (χ1v) is 5.52. The van der Waals surface area contributed by atoms with Gasteiger partial charge in [0.1, 0.15) is 12.3 Å². The maximum Gasteiger partial charge on any atom is 0.146 e. The number of quaternary nitrogens is 1. The van der Waals surface area contributed by atoms with E-state index < -0.39 is 0 Å². The molecule has 1 aliphatic rings. The lowest BCUT2D eigenvalue weighted by Gasteiger charge is -2.26. The second-order valence-corrected chi connectivity index (χ2v) is 4.32. The third kappa shape index (κ3) is 2.63. The van der Waals surface area contributed by atoms with E-state index in [-0.39, 0.29) is 5.92 Å². The molecule has 2 heterocycles. The first kappa shape index (κ1) is 10.3. The van der Waals surface area contributed by atoms with Crippen molar-refractivity contribution in [2.45, 2.75) is 19.9 Å².